The van der Waals surface area contributed by atoms with Crippen molar-refractivity contribution in [3.63, 3.8) is 0 Å². The van der Waals surface area contributed by atoms with Gasteiger partial charge in [0.1, 0.15) is 6.20 Å². The standard InChI is InChI=1S/C10H7N3O4/c14-7-17-10-9(13(15)16)6-12(11-10)8-4-2-1-3-5-8/h1-7H. The quantitative estimate of drug-likeness (QED) is 0.451. The highest BCUT2D eigenvalue weighted by Crippen LogP contribution is 2.25. The lowest BCUT2D eigenvalue weighted by atomic mass is 10.3. The van der Waals surface area contributed by atoms with E-state index in [9.17, 15) is 14.9 Å². The normalized spacial score (nSPS) is 9.88. The minimum Gasteiger partial charge on any atom is -0.402 e. The number of carbonyl (C=O) groups excluding carboxylic acids is 1. The van der Waals surface area contributed by atoms with E-state index in [0.717, 1.165) is 0 Å². The minimum absolute atomic E-state index is 0.102. The molecule has 0 unspecified atom stereocenters. The fraction of sp³-hybridized carbons (Fsp3) is 0. The molecule has 7 nitrogen and oxygen atoms in total. The van der Waals surface area contributed by atoms with Crippen LogP contribution < -0.4 is 4.74 Å². The first-order valence-electron chi connectivity index (χ1n) is 4.62. The second-order valence-electron chi connectivity index (χ2n) is 3.07. The van der Waals surface area contributed by atoms with Crippen molar-refractivity contribution < 1.29 is 14.5 Å². The molecule has 1 aromatic heterocycles. The summed E-state index contributed by atoms with van der Waals surface area (Å²) >= 11 is 0. The van der Waals surface area contributed by atoms with Gasteiger partial charge in [0.05, 0.1) is 10.6 Å². The van der Waals surface area contributed by atoms with E-state index in [4.69, 9.17) is 0 Å². The number of aromatic nitrogens is 2. The molecular weight excluding hydrogens is 226 g/mol. The first-order valence-corrected chi connectivity index (χ1v) is 4.62. The Hall–Kier alpha value is -2.70. The van der Waals surface area contributed by atoms with Crippen LogP contribution in [0.3, 0.4) is 0 Å². The van der Waals surface area contributed by atoms with Crippen LogP contribution in [-0.2, 0) is 4.79 Å². The van der Waals surface area contributed by atoms with Crippen molar-refractivity contribution >= 4 is 12.2 Å². The maximum atomic E-state index is 10.7. The van der Waals surface area contributed by atoms with E-state index >= 15 is 0 Å². The molecule has 86 valence electrons. The number of hydrogen-bond donors (Lipinski definition) is 0. The van der Waals surface area contributed by atoms with Gasteiger partial charge < -0.3 is 4.74 Å². The summed E-state index contributed by atoms with van der Waals surface area (Å²) in [6.45, 7) is 0.102. The molecule has 0 aliphatic rings. The first-order chi connectivity index (χ1) is 8.22. The number of para-hydroxylation sites is 1. The summed E-state index contributed by atoms with van der Waals surface area (Å²) in [5.41, 5.74) is 0.275. The average Bonchev–Trinajstić information content (AvgIpc) is 2.75. The topological polar surface area (TPSA) is 87.3 Å². The maximum Gasteiger partial charge on any atom is 0.351 e. The summed E-state index contributed by atoms with van der Waals surface area (Å²) in [6.07, 6.45) is 1.19. The first kappa shape index (κ1) is 10.8. The van der Waals surface area contributed by atoms with E-state index in [2.05, 4.69) is 9.84 Å². The summed E-state index contributed by atoms with van der Waals surface area (Å²) in [7, 11) is 0. The molecule has 7 heteroatoms. The van der Waals surface area contributed by atoms with Crippen molar-refractivity contribution in [3.8, 4) is 11.6 Å². The Kier molecular flexibility index (Phi) is 2.82. The number of nitro groups is 1. The van der Waals surface area contributed by atoms with Gasteiger partial charge in [0.15, 0.2) is 0 Å². The van der Waals surface area contributed by atoms with Gasteiger partial charge in [0.2, 0.25) is 0 Å². The number of nitrogens with zero attached hydrogens (tertiary/aromatic N) is 3. The van der Waals surface area contributed by atoms with Crippen molar-refractivity contribution in [1.82, 2.24) is 9.78 Å². The lowest BCUT2D eigenvalue weighted by Gasteiger charge is -1.97. The van der Waals surface area contributed by atoms with Gasteiger partial charge in [-0.3, -0.25) is 14.9 Å². The van der Waals surface area contributed by atoms with E-state index in [1.807, 2.05) is 6.07 Å². The Bertz CT molecular complexity index is 550. The van der Waals surface area contributed by atoms with Gasteiger partial charge in [0.25, 0.3) is 6.47 Å². The molecule has 0 amide bonds. The van der Waals surface area contributed by atoms with Gasteiger partial charge in [-0.15, -0.1) is 5.10 Å². The minimum atomic E-state index is -0.661. The van der Waals surface area contributed by atoms with Crippen molar-refractivity contribution in [2.75, 3.05) is 0 Å². The molecule has 0 spiro atoms. The zero-order valence-corrected chi connectivity index (χ0v) is 8.52. The summed E-state index contributed by atoms with van der Waals surface area (Å²) in [5.74, 6) is -0.325. The summed E-state index contributed by atoms with van der Waals surface area (Å²) < 4.78 is 5.72. The van der Waals surface area contributed by atoms with Gasteiger partial charge in [-0.25, -0.2) is 4.68 Å². The molecular formula is C10H7N3O4. The molecule has 2 aromatic rings. The Morgan fingerprint density at radius 2 is 2.06 bits per heavy atom. The molecule has 1 heterocycles. The Morgan fingerprint density at radius 3 is 2.65 bits per heavy atom. The number of carbonyl (C=O) groups is 1. The molecule has 0 atom stereocenters. The summed E-state index contributed by atoms with van der Waals surface area (Å²) in [5, 5.41) is 14.5. The second-order valence-corrected chi connectivity index (χ2v) is 3.07. The van der Waals surface area contributed by atoms with Gasteiger partial charge >= 0.3 is 11.6 Å². The second kappa shape index (κ2) is 4.44. The predicted molar refractivity (Wildman–Crippen MR) is 56.9 cm³/mol. The van der Waals surface area contributed by atoms with Gasteiger partial charge in [-0.05, 0) is 12.1 Å². The third-order valence-electron chi connectivity index (χ3n) is 2.04. The molecule has 0 saturated heterocycles. The molecule has 0 saturated carbocycles. The Balaban J connectivity index is 2.47. The molecule has 0 N–H and O–H groups in total. The van der Waals surface area contributed by atoms with Crippen LogP contribution in [0.1, 0.15) is 0 Å². The van der Waals surface area contributed by atoms with Crippen molar-refractivity contribution in [2.45, 2.75) is 0 Å². The fourth-order valence-corrected chi connectivity index (χ4v) is 1.32. The van der Waals surface area contributed by atoms with Crippen molar-refractivity contribution in [1.29, 1.82) is 0 Å². The largest absolute Gasteiger partial charge is 0.402 e. The van der Waals surface area contributed by atoms with Gasteiger partial charge in [-0.2, -0.15) is 0 Å². The zero-order chi connectivity index (χ0) is 12.3. The third-order valence-corrected chi connectivity index (χ3v) is 2.04. The molecule has 0 radical (unpaired) electrons. The van der Waals surface area contributed by atoms with E-state index in [0.29, 0.717) is 5.69 Å². The van der Waals surface area contributed by atoms with Crippen LogP contribution in [0.25, 0.3) is 5.69 Å². The zero-order valence-electron chi connectivity index (χ0n) is 8.52. The van der Waals surface area contributed by atoms with Crippen LogP contribution in [0, 0.1) is 10.1 Å². The smallest absolute Gasteiger partial charge is 0.351 e. The highest BCUT2D eigenvalue weighted by Gasteiger charge is 2.21. The molecule has 0 aliphatic carbocycles. The molecule has 0 fully saturated rings. The fourth-order valence-electron chi connectivity index (χ4n) is 1.32. The third kappa shape index (κ3) is 2.12. The maximum absolute atomic E-state index is 10.7. The predicted octanol–water partition coefficient (Wildman–Crippen LogP) is 1.32. The summed E-state index contributed by atoms with van der Waals surface area (Å²) in [6, 6.07) is 8.79. The van der Waals surface area contributed by atoms with Crippen molar-refractivity contribution in [3.05, 3.63) is 46.6 Å². The Labute approximate surface area is 95.4 Å². The molecule has 17 heavy (non-hydrogen) atoms. The molecule has 1 aromatic carbocycles. The number of hydrogen-bond acceptors (Lipinski definition) is 5. The van der Waals surface area contributed by atoms with E-state index in [1.165, 1.54) is 10.9 Å². The lowest BCUT2D eigenvalue weighted by Crippen LogP contribution is -1.96. The average molecular weight is 233 g/mol. The van der Waals surface area contributed by atoms with E-state index < -0.39 is 4.92 Å². The van der Waals surface area contributed by atoms with Gasteiger partial charge in [0, 0.05) is 0 Å². The Morgan fingerprint density at radius 1 is 1.35 bits per heavy atom. The number of benzene rings is 1. The molecule has 2 rings (SSSR count). The van der Waals surface area contributed by atoms with Crippen LogP contribution >= 0.6 is 0 Å². The molecule has 0 aliphatic heterocycles. The monoisotopic (exact) mass is 233 g/mol. The van der Waals surface area contributed by atoms with Crippen LogP contribution in [0.2, 0.25) is 0 Å². The van der Waals surface area contributed by atoms with Crippen LogP contribution in [0.4, 0.5) is 5.69 Å². The number of rotatable bonds is 4. The highest BCUT2D eigenvalue weighted by atomic mass is 16.6. The highest BCUT2D eigenvalue weighted by molar-refractivity contribution is 5.51. The van der Waals surface area contributed by atoms with Crippen molar-refractivity contribution in [2.24, 2.45) is 0 Å². The van der Waals surface area contributed by atoms with Crippen LogP contribution in [0.5, 0.6) is 5.88 Å². The summed E-state index contributed by atoms with van der Waals surface area (Å²) in [4.78, 5) is 20.2. The molecule has 0 bridgehead atoms. The van der Waals surface area contributed by atoms with Crippen LogP contribution in [-0.4, -0.2) is 21.2 Å². The van der Waals surface area contributed by atoms with E-state index in [1.54, 1.807) is 24.3 Å². The van der Waals surface area contributed by atoms with Crippen LogP contribution in [0.15, 0.2) is 36.5 Å². The van der Waals surface area contributed by atoms with E-state index in [-0.39, 0.29) is 18.0 Å². The SMILES string of the molecule is O=COc1nn(-c2ccccc2)cc1[N+](=O)[O-]. The lowest BCUT2D eigenvalue weighted by molar-refractivity contribution is -0.385. The van der Waals surface area contributed by atoms with Gasteiger partial charge in [-0.1, -0.05) is 18.2 Å². The number of ether oxygens (including phenoxy) is 1.